The quantitative estimate of drug-likeness (QED) is 0.430. The maximum atomic E-state index is 10.9. The molecule has 2 heteroatoms. The van der Waals surface area contributed by atoms with Crippen molar-refractivity contribution in [1.29, 1.82) is 0 Å². The zero-order valence-electron chi connectivity index (χ0n) is 8.83. The third-order valence-electron chi connectivity index (χ3n) is 2.21. The van der Waals surface area contributed by atoms with Gasteiger partial charge in [-0.3, -0.25) is 4.79 Å². The fraction of sp³-hybridized carbons (Fsp3) is 0.154. The minimum Gasteiger partial charge on any atom is -0.276 e. The second-order valence-electron chi connectivity index (χ2n) is 3.33. The molecule has 0 aliphatic carbocycles. The minimum atomic E-state index is -0.398. The number of halogens is 1. The van der Waals surface area contributed by atoms with E-state index in [0.29, 0.717) is 5.57 Å². The summed E-state index contributed by atoms with van der Waals surface area (Å²) in [5.41, 5.74) is 2.58. The molecule has 0 heterocycles. The molecule has 78 valence electrons. The smallest absolute Gasteiger partial charge is 0.248 e. The van der Waals surface area contributed by atoms with Crippen molar-refractivity contribution in [3.63, 3.8) is 0 Å². The van der Waals surface area contributed by atoms with E-state index in [-0.39, 0.29) is 0 Å². The summed E-state index contributed by atoms with van der Waals surface area (Å²) >= 11 is 5.37. The Morgan fingerprint density at radius 1 is 1.20 bits per heavy atom. The number of carbonyl (C=O) groups is 1. The van der Waals surface area contributed by atoms with Gasteiger partial charge in [-0.2, -0.15) is 0 Å². The van der Waals surface area contributed by atoms with Crippen molar-refractivity contribution >= 4 is 22.9 Å². The van der Waals surface area contributed by atoms with Crippen LogP contribution < -0.4 is 0 Å². The van der Waals surface area contributed by atoms with Gasteiger partial charge in [0.2, 0.25) is 5.24 Å². The zero-order valence-corrected chi connectivity index (χ0v) is 9.58. The highest BCUT2D eigenvalue weighted by molar-refractivity contribution is 6.67. The van der Waals surface area contributed by atoms with Crippen LogP contribution in [0.4, 0.5) is 0 Å². The third-order valence-corrected chi connectivity index (χ3v) is 2.50. The van der Waals surface area contributed by atoms with Crippen LogP contribution in [0.1, 0.15) is 19.4 Å². The highest BCUT2D eigenvalue weighted by Gasteiger charge is 2.00. The molecule has 0 aliphatic heterocycles. The third kappa shape index (κ3) is 3.72. The molecule has 0 fully saturated rings. The maximum Gasteiger partial charge on any atom is 0.248 e. The van der Waals surface area contributed by atoms with E-state index < -0.39 is 5.24 Å². The lowest BCUT2D eigenvalue weighted by molar-refractivity contribution is -0.108. The summed E-state index contributed by atoms with van der Waals surface area (Å²) in [5.74, 6) is 0. The summed E-state index contributed by atoms with van der Waals surface area (Å²) in [6.45, 7) is 3.59. The molecule has 1 aromatic carbocycles. The van der Waals surface area contributed by atoms with Gasteiger partial charge in [0.1, 0.15) is 0 Å². The van der Waals surface area contributed by atoms with Gasteiger partial charge in [-0.15, -0.1) is 0 Å². The summed E-state index contributed by atoms with van der Waals surface area (Å²) in [6, 6.07) is 9.91. The Morgan fingerprint density at radius 3 is 2.33 bits per heavy atom. The van der Waals surface area contributed by atoms with Crippen LogP contribution in [0.3, 0.4) is 0 Å². The Labute approximate surface area is 95.1 Å². The van der Waals surface area contributed by atoms with E-state index in [1.165, 1.54) is 0 Å². The second-order valence-corrected chi connectivity index (χ2v) is 3.67. The van der Waals surface area contributed by atoms with Crippen LogP contribution in [0, 0.1) is 0 Å². The Bertz CT molecular complexity index is 402. The SMILES string of the molecule is CC(C=Cc1ccccc1)=C(C)C(=O)Cl. The van der Waals surface area contributed by atoms with Crippen molar-refractivity contribution in [3.05, 3.63) is 53.1 Å². The predicted octanol–water partition coefficient (Wildman–Crippen LogP) is 3.80. The van der Waals surface area contributed by atoms with E-state index in [1.807, 2.05) is 49.4 Å². The number of allylic oxidation sites excluding steroid dienone is 3. The Hall–Kier alpha value is -1.34. The van der Waals surface area contributed by atoms with Crippen LogP contribution in [0.15, 0.2) is 47.6 Å². The van der Waals surface area contributed by atoms with Gasteiger partial charge >= 0.3 is 0 Å². The topological polar surface area (TPSA) is 17.1 Å². The first kappa shape index (κ1) is 11.7. The fourth-order valence-electron chi connectivity index (χ4n) is 1.07. The Morgan fingerprint density at radius 2 is 1.80 bits per heavy atom. The van der Waals surface area contributed by atoms with Crippen molar-refractivity contribution in [1.82, 2.24) is 0 Å². The Kier molecular flexibility index (Phi) is 4.32. The van der Waals surface area contributed by atoms with Crippen LogP contribution >= 0.6 is 11.6 Å². The molecule has 0 aliphatic rings. The van der Waals surface area contributed by atoms with Crippen molar-refractivity contribution in [2.45, 2.75) is 13.8 Å². The predicted molar refractivity (Wildman–Crippen MR) is 64.7 cm³/mol. The molecular formula is C13H13ClO. The first-order chi connectivity index (χ1) is 7.11. The molecule has 0 radical (unpaired) electrons. The summed E-state index contributed by atoms with van der Waals surface area (Å²) < 4.78 is 0. The van der Waals surface area contributed by atoms with Gasteiger partial charge in [-0.1, -0.05) is 42.5 Å². The van der Waals surface area contributed by atoms with E-state index in [0.717, 1.165) is 11.1 Å². The van der Waals surface area contributed by atoms with E-state index in [2.05, 4.69) is 0 Å². The minimum absolute atomic E-state index is 0.398. The molecule has 0 atom stereocenters. The average Bonchev–Trinajstić information content (AvgIpc) is 2.26. The van der Waals surface area contributed by atoms with Crippen molar-refractivity contribution in [2.24, 2.45) is 0 Å². The molecule has 15 heavy (non-hydrogen) atoms. The zero-order chi connectivity index (χ0) is 11.3. The second kappa shape index (κ2) is 5.52. The first-order valence-electron chi connectivity index (χ1n) is 4.71. The van der Waals surface area contributed by atoms with Gasteiger partial charge in [0.15, 0.2) is 0 Å². The molecule has 0 saturated heterocycles. The lowest BCUT2D eigenvalue weighted by atomic mass is 10.1. The van der Waals surface area contributed by atoms with E-state index in [1.54, 1.807) is 6.92 Å². The average molecular weight is 221 g/mol. The molecule has 0 amide bonds. The van der Waals surface area contributed by atoms with Gasteiger partial charge < -0.3 is 0 Å². The van der Waals surface area contributed by atoms with Crippen molar-refractivity contribution in [2.75, 3.05) is 0 Å². The van der Waals surface area contributed by atoms with Crippen molar-refractivity contribution in [3.8, 4) is 0 Å². The van der Waals surface area contributed by atoms with Crippen molar-refractivity contribution < 1.29 is 4.79 Å². The molecule has 0 bridgehead atoms. The molecule has 1 nitrogen and oxygen atoms in total. The number of carbonyl (C=O) groups excluding carboxylic acids is 1. The fourth-order valence-corrected chi connectivity index (χ4v) is 1.21. The molecule has 1 rings (SSSR count). The van der Waals surface area contributed by atoms with Gasteiger partial charge in [-0.25, -0.2) is 0 Å². The highest BCUT2D eigenvalue weighted by Crippen LogP contribution is 2.10. The monoisotopic (exact) mass is 220 g/mol. The van der Waals surface area contributed by atoms with E-state index >= 15 is 0 Å². The molecule has 0 spiro atoms. The largest absolute Gasteiger partial charge is 0.276 e. The number of rotatable bonds is 3. The summed E-state index contributed by atoms with van der Waals surface area (Å²) in [6.07, 6.45) is 3.85. The highest BCUT2D eigenvalue weighted by atomic mass is 35.5. The standard InChI is InChI=1S/C13H13ClO/c1-10(11(2)13(14)15)8-9-12-6-4-3-5-7-12/h3-9H,1-2H3. The lowest BCUT2D eigenvalue weighted by Gasteiger charge is -1.97. The lowest BCUT2D eigenvalue weighted by Crippen LogP contribution is -1.90. The van der Waals surface area contributed by atoms with E-state index in [4.69, 9.17) is 11.6 Å². The summed E-state index contributed by atoms with van der Waals surface area (Å²) in [5, 5.41) is -0.398. The van der Waals surface area contributed by atoms with Crippen LogP contribution in [0.25, 0.3) is 6.08 Å². The summed E-state index contributed by atoms with van der Waals surface area (Å²) in [4.78, 5) is 10.9. The van der Waals surface area contributed by atoms with Crippen LogP contribution in [-0.4, -0.2) is 5.24 Å². The molecule has 0 saturated carbocycles. The number of hydrogen-bond acceptors (Lipinski definition) is 1. The molecule has 0 N–H and O–H groups in total. The molecule has 1 aromatic rings. The van der Waals surface area contributed by atoms with Gasteiger partial charge in [0.25, 0.3) is 0 Å². The summed E-state index contributed by atoms with van der Waals surface area (Å²) in [7, 11) is 0. The van der Waals surface area contributed by atoms with E-state index in [9.17, 15) is 4.79 Å². The number of benzene rings is 1. The van der Waals surface area contributed by atoms with Crippen LogP contribution in [0.5, 0.6) is 0 Å². The van der Waals surface area contributed by atoms with Gasteiger partial charge in [0, 0.05) is 5.57 Å². The normalized spacial score (nSPS) is 12.7. The van der Waals surface area contributed by atoms with Crippen LogP contribution in [-0.2, 0) is 4.79 Å². The molecule has 0 unspecified atom stereocenters. The molecule has 0 aromatic heterocycles. The Balaban J connectivity index is 2.83. The van der Waals surface area contributed by atoms with Gasteiger partial charge in [-0.05, 0) is 36.6 Å². The van der Waals surface area contributed by atoms with Crippen LogP contribution in [0.2, 0.25) is 0 Å². The first-order valence-corrected chi connectivity index (χ1v) is 5.09. The maximum absolute atomic E-state index is 10.9. The molecular weight excluding hydrogens is 208 g/mol. The van der Waals surface area contributed by atoms with Gasteiger partial charge in [0.05, 0.1) is 0 Å². The number of hydrogen-bond donors (Lipinski definition) is 0.